The SMILES string of the molecule is CCCCCCCCNC(=O)NCCOCC(=O)O. The smallest absolute Gasteiger partial charge is 0.329 e. The zero-order valence-electron chi connectivity index (χ0n) is 11.7. The minimum atomic E-state index is -1.01. The maximum absolute atomic E-state index is 11.3. The number of unbranched alkanes of at least 4 members (excludes halogenated alkanes) is 5. The Hall–Kier alpha value is -1.30. The molecule has 2 amide bonds. The summed E-state index contributed by atoms with van der Waals surface area (Å²) in [6, 6.07) is -0.229. The minimum Gasteiger partial charge on any atom is -0.480 e. The molecule has 0 bridgehead atoms. The Labute approximate surface area is 114 Å². The van der Waals surface area contributed by atoms with Gasteiger partial charge in [-0.2, -0.15) is 0 Å². The van der Waals surface area contributed by atoms with Crippen LogP contribution in [0.4, 0.5) is 4.79 Å². The van der Waals surface area contributed by atoms with E-state index in [0.717, 1.165) is 12.8 Å². The molecule has 0 atom stereocenters. The van der Waals surface area contributed by atoms with E-state index in [9.17, 15) is 9.59 Å². The number of rotatable bonds is 12. The maximum Gasteiger partial charge on any atom is 0.329 e. The van der Waals surface area contributed by atoms with E-state index >= 15 is 0 Å². The van der Waals surface area contributed by atoms with Crippen molar-refractivity contribution in [3.05, 3.63) is 0 Å². The molecule has 0 aliphatic carbocycles. The third-order valence-electron chi connectivity index (χ3n) is 2.57. The van der Waals surface area contributed by atoms with Gasteiger partial charge in [-0.05, 0) is 6.42 Å². The summed E-state index contributed by atoms with van der Waals surface area (Å²) in [5.41, 5.74) is 0. The van der Waals surface area contributed by atoms with Gasteiger partial charge in [0.2, 0.25) is 0 Å². The van der Waals surface area contributed by atoms with Crippen molar-refractivity contribution >= 4 is 12.0 Å². The number of amides is 2. The van der Waals surface area contributed by atoms with Gasteiger partial charge in [-0.1, -0.05) is 39.0 Å². The second kappa shape index (κ2) is 13.1. The van der Waals surface area contributed by atoms with Gasteiger partial charge in [0.15, 0.2) is 0 Å². The zero-order chi connectivity index (χ0) is 14.3. The number of carboxylic acid groups (broad SMARTS) is 1. The lowest BCUT2D eigenvalue weighted by molar-refractivity contribution is -0.142. The highest BCUT2D eigenvalue weighted by molar-refractivity contribution is 5.73. The lowest BCUT2D eigenvalue weighted by atomic mass is 10.1. The molecule has 0 saturated carbocycles. The predicted molar refractivity (Wildman–Crippen MR) is 73.2 cm³/mol. The van der Waals surface area contributed by atoms with Crippen molar-refractivity contribution in [1.82, 2.24) is 10.6 Å². The lowest BCUT2D eigenvalue weighted by Crippen LogP contribution is -2.37. The fraction of sp³-hybridized carbons (Fsp3) is 0.846. The molecule has 0 spiro atoms. The number of carbonyl (C=O) groups is 2. The summed E-state index contributed by atoms with van der Waals surface area (Å²) < 4.78 is 4.78. The number of hydrogen-bond acceptors (Lipinski definition) is 3. The molecule has 112 valence electrons. The first kappa shape index (κ1) is 17.7. The predicted octanol–water partition coefficient (Wildman–Crippen LogP) is 1.75. The van der Waals surface area contributed by atoms with Crippen molar-refractivity contribution in [2.45, 2.75) is 45.4 Å². The normalized spacial score (nSPS) is 10.2. The summed E-state index contributed by atoms with van der Waals surface area (Å²) in [5.74, 6) is -1.01. The Morgan fingerprint density at radius 3 is 2.32 bits per heavy atom. The molecule has 0 aromatic carbocycles. The highest BCUT2D eigenvalue weighted by Crippen LogP contribution is 2.03. The first-order chi connectivity index (χ1) is 9.16. The van der Waals surface area contributed by atoms with Crippen molar-refractivity contribution < 1.29 is 19.4 Å². The topological polar surface area (TPSA) is 87.7 Å². The quantitative estimate of drug-likeness (QED) is 0.473. The summed E-state index contributed by atoms with van der Waals surface area (Å²) in [6.07, 6.45) is 7.15. The molecule has 0 aliphatic heterocycles. The van der Waals surface area contributed by atoms with Crippen molar-refractivity contribution in [3.8, 4) is 0 Å². The Bertz CT molecular complexity index is 247. The van der Waals surface area contributed by atoms with E-state index in [1.807, 2.05) is 0 Å². The Balaban J connectivity index is 3.19. The van der Waals surface area contributed by atoms with Crippen molar-refractivity contribution in [1.29, 1.82) is 0 Å². The van der Waals surface area contributed by atoms with Gasteiger partial charge in [-0.25, -0.2) is 9.59 Å². The maximum atomic E-state index is 11.3. The van der Waals surface area contributed by atoms with E-state index < -0.39 is 5.97 Å². The monoisotopic (exact) mass is 274 g/mol. The van der Waals surface area contributed by atoms with Gasteiger partial charge < -0.3 is 20.5 Å². The van der Waals surface area contributed by atoms with Crippen LogP contribution in [-0.2, 0) is 9.53 Å². The number of carboxylic acids is 1. The summed E-state index contributed by atoms with van der Waals surface area (Å²) in [6.45, 7) is 3.05. The second-order valence-corrected chi connectivity index (χ2v) is 4.40. The molecule has 0 rings (SSSR count). The van der Waals surface area contributed by atoms with Gasteiger partial charge in [0.25, 0.3) is 0 Å². The molecule has 0 aromatic heterocycles. The van der Waals surface area contributed by atoms with E-state index in [4.69, 9.17) is 9.84 Å². The summed E-state index contributed by atoms with van der Waals surface area (Å²) in [5, 5.41) is 13.7. The van der Waals surface area contributed by atoms with E-state index in [-0.39, 0.29) is 19.2 Å². The number of urea groups is 1. The molecule has 6 nitrogen and oxygen atoms in total. The van der Waals surface area contributed by atoms with Crippen LogP contribution in [0.1, 0.15) is 45.4 Å². The van der Waals surface area contributed by atoms with Gasteiger partial charge in [0.1, 0.15) is 6.61 Å². The third kappa shape index (κ3) is 14.6. The Kier molecular flexibility index (Phi) is 12.2. The fourth-order valence-electron chi connectivity index (χ4n) is 1.57. The molecular weight excluding hydrogens is 248 g/mol. The van der Waals surface area contributed by atoms with Crippen LogP contribution in [0.2, 0.25) is 0 Å². The first-order valence-electron chi connectivity index (χ1n) is 6.98. The van der Waals surface area contributed by atoms with Crippen LogP contribution < -0.4 is 10.6 Å². The van der Waals surface area contributed by atoms with Gasteiger partial charge in [0.05, 0.1) is 6.61 Å². The molecule has 0 saturated heterocycles. The molecular formula is C13H26N2O4. The average molecular weight is 274 g/mol. The van der Waals surface area contributed by atoms with E-state index in [1.165, 1.54) is 25.7 Å². The second-order valence-electron chi connectivity index (χ2n) is 4.40. The molecule has 0 aromatic rings. The average Bonchev–Trinajstić information content (AvgIpc) is 2.37. The van der Waals surface area contributed by atoms with Crippen LogP contribution in [-0.4, -0.2) is 43.4 Å². The fourth-order valence-corrected chi connectivity index (χ4v) is 1.57. The van der Waals surface area contributed by atoms with E-state index in [1.54, 1.807) is 0 Å². The molecule has 0 heterocycles. The lowest BCUT2D eigenvalue weighted by Gasteiger charge is -2.07. The van der Waals surface area contributed by atoms with Crippen LogP contribution in [0, 0.1) is 0 Å². The van der Waals surface area contributed by atoms with Gasteiger partial charge in [0, 0.05) is 13.1 Å². The largest absolute Gasteiger partial charge is 0.480 e. The Morgan fingerprint density at radius 1 is 1.00 bits per heavy atom. The number of nitrogens with one attached hydrogen (secondary N) is 2. The standard InChI is InChI=1S/C13H26N2O4/c1-2-3-4-5-6-7-8-14-13(18)15-9-10-19-11-12(16)17/h2-11H2,1H3,(H,16,17)(H2,14,15,18). The van der Waals surface area contributed by atoms with Gasteiger partial charge >= 0.3 is 12.0 Å². The van der Waals surface area contributed by atoms with E-state index in [2.05, 4.69) is 17.6 Å². The summed E-state index contributed by atoms with van der Waals surface area (Å²) in [4.78, 5) is 21.4. The summed E-state index contributed by atoms with van der Waals surface area (Å²) >= 11 is 0. The number of carbonyl (C=O) groups excluding carboxylic acids is 1. The van der Waals surface area contributed by atoms with Crippen LogP contribution in [0.15, 0.2) is 0 Å². The van der Waals surface area contributed by atoms with Crippen LogP contribution in [0.3, 0.4) is 0 Å². The summed E-state index contributed by atoms with van der Waals surface area (Å²) in [7, 11) is 0. The van der Waals surface area contributed by atoms with Crippen LogP contribution in [0.25, 0.3) is 0 Å². The van der Waals surface area contributed by atoms with E-state index in [0.29, 0.717) is 13.1 Å². The molecule has 0 fully saturated rings. The van der Waals surface area contributed by atoms with Crippen molar-refractivity contribution in [3.63, 3.8) is 0 Å². The van der Waals surface area contributed by atoms with Gasteiger partial charge in [-0.15, -0.1) is 0 Å². The molecule has 3 N–H and O–H groups in total. The number of ether oxygens (including phenoxy) is 1. The third-order valence-corrected chi connectivity index (χ3v) is 2.57. The minimum absolute atomic E-state index is 0.205. The Morgan fingerprint density at radius 2 is 1.63 bits per heavy atom. The van der Waals surface area contributed by atoms with Crippen LogP contribution >= 0.6 is 0 Å². The molecule has 6 heteroatoms. The van der Waals surface area contributed by atoms with Crippen molar-refractivity contribution in [2.24, 2.45) is 0 Å². The molecule has 19 heavy (non-hydrogen) atoms. The highest BCUT2D eigenvalue weighted by Gasteiger charge is 1.99. The zero-order valence-corrected chi connectivity index (χ0v) is 11.7. The van der Waals surface area contributed by atoms with Crippen LogP contribution in [0.5, 0.6) is 0 Å². The molecule has 0 aliphatic rings. The molecule has 0 unspecified atom stereocenters. The van der Waals surface area contributed by atoms with Gasteiger partial charge in [-0.3, -0.25) is 0 Å². The first-order valence-corrected chi connectivity index (χ1v) is 6.98. The molecule has 0 radical (unpaired) electrons. The number of aliphatic carboxylic acids is 1. The highest BCUT2D eigenvalue weighted by atomic mass is 16.5. The van der Waals surface area contributed by atoms with Crippen molar-refractivity contribution in [2.75, 3.05) is 26.3 Å². The number of hydrogen-bond donors (Lipinski definition) is 3.